The van der Waals surface area contributed by atoms with Crippen molar-refractivity contribution in [2.45, 2.75) is 215 Å². The molecule has 560 valence electrons. The summed E-state index contributed by atoms with van der Waals surface area (Å²) >= 11 is 0. The van der Waals surface area contributed by atoms with Crippen molar-refractivity contribution >= 4 is 68.2 Å². The summed E-state index contributed by atoms with van der Waals surface area (Å²) in [6, 6.07) is 112. The maximum absolute atomic E-state index is 2.42. The third-order valence-corrected chi connectivity index (χ3v) is 22.2. The van der Waals surface area contributed by atoms with Crippen LogP contribution >= 0.6 is 0 Å². The molecule has 12 aromatic carbocycles. The molecule has 0 fully saturated rings. The van der Waals surface area contributed by atoms with Gasteiger partial charge in [0.25, 0.3) is 0 Å². The normalized spacial score (nSPS) is 12.8. The summed E-state index contributed by atoms with van der Waals surface area (Å²) in [6.45, 7) is 55.0. The van der Waals surface area contributed by atoms with Gasteiger partial charge < -0.3 is 19.6 Å². The molecule has 12 aromatic rings. The van der Waals surface area contributed by atoms with E-state index in [4.69, 9.17) is 0 Å². The molecule has 4 nitrogen and oxygen atoms in total. The van der Waals surface area contributed by atoms with Crippen molar-refractivity contribution < 1.29 is 0 Å². The highest BCUT2D eigenvalue weighted by atomic mass is 15.2. The number of benzene rings is 12. The lowest BCUT2D eigenvalue weighted by Crippen LogP contribution is -2.31. The predicted octanol–water partition coefficient (Wildman–Crippen LogP) is 30.3. The first-order valence-corrected chi connectivity index (χ1v) is 39.5. The minimum atomic E-state index is -0.920. The van der Waals surface area contributed by atoms with E-state index in [0.717, 1.165) is 90.5 Å². The monoisotopic (exact) mass is 1440 g/mol. The summed E-state index contributed by atoms with van der Waals surface area (Å²) in [5, 5.41) is 0. The van der Waals surface area contributed by atoms with Crippen molar-refractivity contribution in [3.8, 4) is 0 Å². The van der Waals surface area contributed by atoms with Crippen molar-refractivity contribution in [3.63, 3.8) is 0 Å². The van der Waals surface area contributed by atoms with E-state index in [1.54, 1.807) is 0 Å². The number of hydrogen-bond acceptors (Lipinski definition) is 4. The van der Waals surface area contributed by atoms with Crippen molar-refractivity contribution in [2.75, 3.05) is 19.6 Å². The molecule has 0 aliphatic carbocycles. The van der Waals surface area contributed by atoms with E-state index in [-0.39, 0.29) is 43.3 Å². The van der Waals surface area contributed by atoms with E-state index in [2.05, 4.69) is 477 Å². The third-order valence-electron chi connectivity index (χ3n) is 22.2. The number of anilines is 12. The molecule has 0 amide bonds. The molecule has 0 atom stereocenters. The molecule has 0 radical (unpaired) electrons. The number of rotatable bonds is 16. The summed E-state index contributed by atoms with van der Waals surface area (Å²) < 4.78 is 0. The third kappa shape index (κ3) is 17.0. The van der Waals surface area contributed by atoms with Crippen molar-refractivity contribution in [1.82, 2.24) is 0 Å². The summed E-state index contributed by atoms with van der Waals surface area (Å²) in [6.07, 6.45) is 0. The molecule has 109 heavy (non-hydrogen) atoms. The van der Waals surface area contributed by atoms with Gasteiger partial charge in [-0.05, 0) is 256 Å². The molecule has 0 bridgehead atoms. The van der Waals surface area contributed by atoms with Crippen LogP contribution in [0.15, 0.2) is 291 Å². The van der Waals surface area contributed by atoms with Crippen molar-refractivity contribution in [3.05, 3.63) is 358 Å². The second kappa shape index (κ2) is 29.7. The minimum absolute atomic E-state index is 0.00757. The smallest absolute Gasteiger partial charge is 0.0701 e. The quantitative estimate of drug-likeness (QED) is 0.0894. The molecule has 4 heteroatoms. The molecular formula is C105H120N4. The summed E-state index contributed by atoms with van der Waals surface area (Å²) in [5.41, 5.74) is 26.9. The van der Waals surface area contributed by atoms with Gasteiger partial charge in [-0.2, -0.15) is 0 Å². The second-order valence-corrected chi connectivity index (χ2v) is 38.7. The van der Waals surface area contributed by atoms with Gasteiger partial charge >= 0.3 is 0 Å². The average Bonchev–Trinajstić information content (AvgIpc) is 0.724. The first-order chi connectivity index (χ1) is 51.1. The Morgan fingerprint density at radius 3 is 0.257 bits per heavy atom. The Morgan fingerprint density at radius 1 is 0.110 bits per heavy atom. The fraction of sp³-hybridized carbons (Fsp3) is 0.314. The molecule has 0 aliphatic heterocycles. The molecule has 0 aliphatic rings. The summed E-state index contributed by atoms with van der Waals surface area (Å²) in [5.74, 6) is 0. The van der Waals surface area contributed by atoms with Crippen LogP contribution in [-0.4, -0.2) is 0 Å². The molecule has 0 spiro atoms. The Bertz CT molecular complexity index is 4120. The van der Waals surface area contributed by atoms with Gasteiger partial charge in [-0.3, -0.25) is 0 Å². The van der Waals surface area contributed by atoms with Crippen LogP contribution in [0.25, 0.3) is 0 Å². The van der Waals surface area contributed by atoms with Gasteiger partial charge in [0, 0.05) is 68.2 Å². The second-order valence-electron chi connectivity index (χ2n) is 38.7. The van der Waals surface area contributed by atoms with Crippen LogP contribution in [0.2, 0.25) is 0 Å². The van der Waals surface area contributed by atoms with Crippen molar-refractivity contribution in [1.29, 1.82) is 0 Å². The zero-order valence-corrected chi connectivity index (χ0v) is 70.0. The fourth-order valence-electron chi connectivity index (χ4n) is 15.1. The zero-order chi connectivity index (χ0) is 78.6. The highest BCUT2D eigenvalue weighted by molar-refractivity contribution is 5.83. The van der Waals surface area contributed by atoms with Gasteiger partial charge in [0.15, 0.2) is 0 Å². The van der Waals surface area contributed by atoms with Crippen LogP contribution in [0.4, 0.5) is 68.2 Å². The fourth-order valence-corrected chi connectivity index (χ4v) is 15.1. The molecular weight excluding hydrogens is 1320 g/mol. The maximum Gasteiger partial charge on any atom is 0.0701 e. The Hall–Kier alpha value is -10.2. The maximum atomic E-state index is 2.42. The molecule has 0 N–H and O–H groups in total. The van der Waals surface area contributed by atoms with Gasteiger partial charge in [0.2, 0.25) is 0 Å². The summed E-state index contributed by atoms with van der Waals surface area (Å²) in [4.78, 5) is 9.69. The van der Waals surface area contributed by atoms with Gasteiger partial charge in [0.05, 0.1) is 5.41 Å². The highest BCUT2D eigenvalue weighted by Crippen LogP contribution is 2.51. The predicted molar refractivity (Wildman–Crippen MR) is 473 cm³/mol. The van der Waals surface area contributed by atoms with Gasteiger partial charge in [-0.15, -0.1) is 0 Å². The molecule has 0 unspecified atom stereocenters. The first-order valence-electron chi connectivity index (χ1n) is 39.5. The lowest BCUT2D eigenvalue weighted by molar-refractivity contribution is 0.590. The van der Waals surface area contributed by atoms with E-state index < -0.39 is 5.41 Å². The van der Waals surface area contributed by atoms with Crippen LogP contribution in [0.1, 0.15) is 233 Å². The number of nitrogens with zero attached hydrogens (tertiary/aromatic N) is 4. The Labute approximate surface area is 656 Å². The summed E-state index contributed by atoms with van der Waals surface area (Å²) in [7, 11) is 0. The lowest BCUT2D eigenvalue weighted by Gasteiger charge is -2.38. The van der Waals surface area contributed by atoms with Gasteiger partial charge in [-0.25, -0.2) is 0 Å². The standard InChI is InChI=1S/C105H120N4/c1-97(2,3)73-25-49-85(50-26-73)106(86-51-27-74(28-52-86)98(4,5)6)93-65-41-81(42-66-93)105(82-43-67-94(68-44-82)107(87-53-29-75(30-54-87)99(7,8)9)88-55-31-76(32-56-88)100(10,11)12,83-45-69-95(70-46-83)108(89-57-33-77(34-58-89)101(13,14)15)90-59-35-78(36-60-90)102(16,17)18)84-47-71-96(72-48-84)109(91-61-37-79(38-62-91)103(19,20)21)92-63-39-80(40-64-92)104(22,23)24/h25-72H,1-24H3. The molecule has 0 heterocycles. The zero-order valence-electron chi connectivity index (χ0n) is 70.0. The molecule has 0 saturated heterocycles. The SMILES string of the molecule is CC(C)(C)c1ccc(N(c2ccc(C(C)(C)C)cc2)c2ccc(C(c3ccc(N(c4ccc(C(C)(C)C)cc4)c4ccc(C(C)(C)C)cc4)cc3)(c3ccc(N(c4ccc(C(C)(C)C)cc4)c4ccc(C(C)(C)C)cc4)cc3)c3ccc(N(c4ccc(C(C)(C)C)cc4)c4ccc(C(C)(C)C)cc4)cc3)cc2)cc1. The van der Waals surface area contributed by atoms with Crippen LogP contribution in [0.3, 0.4) is 0 Å². The van der Waals surface area contributed by atoms with E-state index in [1.165, 1.54) is 44.5 Å². The topological polar surface area (TPSA) is 13.0 Å². The molecule has 12 rings (SSSR count). The Balaban J connectivity index is 1.13. The van der Waals surface area contributed by atoms with E-state index in [9.17, 15) is 0 Å². The van der Waals surface area contributed by atoms with E-state index in [1.807, 2.05) is 0 Å². The van der Waals surface area contributed by atoms with Crippen LogP contribution in [0.5, 0.6) is 0 Å². The van der Waals surface area contributed by atoms with Gasteiger partial charge in [-0.1, -0.05) is 312 Å². The van der Waals surface area contributed by atoms with Crippen LogP contribution < -0.4 is 19.6 Å². The number of hydrogen-bond donors (Lipinski definition) is 0. The van der Waals surface area contributed by atoms with Crippen LogP contribution in [0, 0.1) is 0 Å². The molecule has 0 saturated carbocycles. The van der Waals surface area contributed by atoms with E-state index in [0.29, 0.717) is 0 Å². The minimum Gasteiger partial charge on any atom is -0.311 e. The Morgan fingerprint density at radius 2 is 0.183 bits per heavy atom. The van der Waals surface area contributed by atoms with E-state index >= 15 is 0 Å². The van der Waals surface area contributed by atoms with Crippen LogP contribution in [-0.2, 0) is 48.7 Å². The first kappa shape index (κ1) is 78.4. The molecule has 0 aromatic heterocycles. The largest absolute Gasteiger partial charge is 0.311 e. The van der Waals surface area contributed by atoms with Gasteiger partial charge in [0.1, 0.15) is 0 Å². The Kier molecular flexibility index (Phi) is 21.4. The lowest BCUT2D eigenvalue weighted by atomic mass is 9.65. The van der Waals surface area contributed by atoms with Crippen molar-refractivity contribution in [2.24, 2.45) is 0 Å². The average molecular weight is 1440 g/mol. The highest BCUT2D eigenvalue weighted by Gasteiger charge is 2.40.